The van der Waals surface area contributed by atoms with E-state index in [0.717, 1.165) is 5.56 Å². The molecule has 2 aromatic carbocycles. The van der Waals surface area contributed by atoms with Gasteiger partial charge >= 0.3 is 0 Å². The Morgan fingerprint density at radius 2 is 1.90 bits per heavy atom. The maximum absolute atomic E-state index is 13.9. The summed E-state index contributed by atoms with van der Waals surface area (Å²) in [6, 6.07) is 8.99. The number of carbonyl (C=O) groups excluding carboxylic acids is 1. The second-order valence-corrected chi connectivity index (χ2v) is 5.32. The molecule has 108 valence electrons. The number of benzene rings is 2. The minimum atomic E-state index is -0.598. The topological polar surface area (TPSA) is 55.1 Å². The minimum Gasteiger partial charge on any atom is -0.389 e. The van der Waals surface area contributed by atoms with Crippen LogP contribution in [0.3, 0.4) is 0 Å². The monoisotopic (exact) mass is 322 g/mol. The van der Waals surface area contributed by atoms with E-state index in [4.69, 9.17) is 29.6 Å². The first kappa shape index (κ1) is 15.4. The van der Waals surface area contributed by atoms with Crippen molar-refractivity contribution >= 4 is 40.4 Å². The summed E-state index contributed by atoms with van der Waals surface area (Å²) in [5, 5.41) is 3.07. The van der Waals surface area contributed by atoms with E-state index in [1.54, 1.807) is 31.2 Å². The normalized spacial score (nSPS) is 10.2. The third-order valence-corrected chi connectivity index (χ3v) is 3.58. The molecule has 0 spiro atoms. The first-order valence-electron chi connectivity index (χ1n) is 6.05. The summed E-state index contributed by atoms with van der Waals surface area (Å²) >= 11 is 10.7. The highest BCUT2D eigenvalue weighted by Gasteiger charge is 2.11. The lowest BCUT2D eigenvalue weighted by Gasteiger charge is -2.09. The van der Waals surface area contributed by atoms with Gasteiger partial charge < -0.3 is 11.1 Å². The summed E-state index contributed by atoms with van der Waals surface area (Å²) in [5.41, 5.74) is 7.06. The van der Waals surface area contributed by atoms with Crippen LogP contribution in [0.1, 0.15) is 21.5 Å². The van der Waals surface area contributed by atoms with E-state index in [2.05, 4.69) is 5.32 Å². The standard InChI is InChI=1S/C15H12ClFN2OS/c1-8-6-10(2-4-11(8)16)15(20)19-13-5-3-9(14(18)21)7-12(13)17/h2-7H,1H3,(H2,18,21)(H,19,20). The van der Waals surface area contributed by atoms with Gasteiger partial charge in [-0.2, -0.15) is 0 Å². The summed E-state index contributed by atoms with van der Waals surface area (Å²) in [7, 11) is 0. The Labute approximate surface area is 131 Å². The van der Waals surface area contributed by atoms with E-state index >= 15 is 0 Å². The van der Waals surface area contributed by atoms with Crippen molar-refractivity contribution in [2.24, 2.45) is 5.73 Å². The number of nitrogens with two attached hydrogens (primary N) is 1. The van der Waals surface area contributed by atoms with Gasteiger partial charge in [-0.15, -0.1) is 0 Å². The Bertz CT molecular complexity index is 734. The van der Waals surface area contributed by atoms with E-state index in [-0.39, 0.29) is 10.7 Å². The van der Waals surface area contributed by atoms with Gasteiger partial charge in [0.15, 0.2) is 0 Å². The van der Waals surface area contributed by atoms with Gasteiger partial charge in [0.25, 0.3) is 5.91 Å². The quantitative estimate of drug-likeness (QED) is 0.848. The average Bonchev–Trinajstić information content (AvgIpc) is 2.43. The van der Waals surface area contributed by atoms with E-state index in [0.29, 0.717) is 16.1 Å². The molecular formula is C15H12ClFN2OS. The Morgan fingerprint density at radius 1 is 1.24 bits per heavy atom. The molecule has 0 radical (unpaired) electrons. The van der Waals surface area contributed by atoms with Gasteiger partial charge in [-0.25, -0.2) is 4.39 Å². The fraction of sp³-hybridized carbons (Fsp3) is 0.0667. The van der Waals surface area contributed by atoms with Crippen LogP contribution in [0, 0.1) is 12.7 Å². The van der Waals surface area contributed by atoms with Crippen molar-refractivity contribution in [3.63, 3.8) is 0 Å². The number of nitrogens with one attached hydrogen (secondary N) is 1. The van der Waals surface area contributed by atoms with Crippen molar-refractivity contribution in [1.82, 2.24) is 0 Å². The van der Waals surface area contributed by atoms with Gasteiger partial charge in [-0.3, -0.25) is 4.79 Å². The van der Waals surface area contributed by atoms with Crippen molar-refractivity contribution in [2.75, 3.05) is 5.32 Å². The molecule has 0 aliphatic rings. The van der Waals surface area contributed by atoms with Gasteiger partial charge in [-0.1, -0.05) is 23.8 Å². The van der Waals surface area contributed by atoms with Crippen LogP contribution in [0.4, 0.5) is 10.1 Å². The molecule has 0 aromatic heterocycles. The molecule has 21 heavy (non-hydrogen) atoms. The molecule has 2 aromatic rings. The Balaban J connectivity index is 2.23. The lowest BCUT2D eigenvalue weighted by Crippen LogP contribution is -2.14. The molecule has 3 nitrogen and oxygen atoms in total. The first-order chi connectivity index (χ1) is 9.88. The van der Waals surface area contributed by atoms with Crippen molar-refractivity contribution in [3.8, 4) is 0 Å². The number of hydrogen-bond donors (Lipinski definition) is 2. The zero-order valence-electron chi connectivity index (χ0n) is 11.1. The van der Waals surface area contributed by atoms with E-state index in [9.17, 15) is 9.18 Å². The van der Waals surface area contributed by atoms with Gasteiger partial charge in [0.2, 0.25) is 0 Å². The molecule has 3 N–H and O–H groups in total. The minimum absolute atomic E-state index is 0.0626. The second-order valence-electron chi connectivity index (χ2n) is 4.48. The maximum Gasteiger partial charge on any atom is 0.255 e. The predicted octanol–water partition coefficient (Wildman–Crippen LogP) is 3.67. The fourth-order valence-electron chi connectivity index (χ4n) is 1.75. The van der Waals surface area contributed by atoms with E-state index in [1.807, 2.05) is 0 Å². The predicted molar refractivity (Wildman–Crippen MR) is 86.4 cm³/mol. The van der Waals surface area contributed by atoms with Crippen LogP contribution in [0.15, 0.2) is 36.4 Å². The third kappa shape index (κ3) is 3.56. The van der Waals surface area contributed by atoms with Crippen LogP contribution in [-0.4, -0.2) is 10.9 Å². The number of carbonyl (C=O) groups is 1. The highest BCUT2D eigenvalue weighted by Crippen LogP contribution is 2.19. The molecule has 0 fully saturated rings. The number of hydrogen-bond acceptors (Lipinski definition) is 2. The highest BCUT2D eigenvalue weighted by molar-refractivity contribution is 7.80. The number of amides is 1. The summed E-state index contributed by atoms with van der Waals surface area (Å²) in [5.74, 6) is -1.02. The largest absolute Gasteiger partial charge is 0.389 e. The zero-order valence-corrected chi connectivity index (χ0v) is 12.7. The molecule has 0 saturated carbocycles. The lowest BCUT2D eigenvalue weighted by molar-refractivity contribution is 0.102. The van der Waals surface area contributed by atoms with Crippen molar-refractivity contribution in [3.05, 3.63) is 63.9 Å². The van der Waals surface area contributed by atoms with Crippen LogP contribution in [0.2, 0.25) is 5.02 Å². The smallest absolute Gasteiger partial charge is 0.255 e. The summed E-state index contributed by atoms with van der Waals surface area (Å²) in [4.78, 5) is 12.2. The van der Waals surface area contributed by atoms with E-state index in [1.165, 1.54) is 12.1 Å². The highest BCUT2D eigenvalue weighted by atomic mass is 35.5. The molecule has 0 atom stereocenters. The van der Waals surface area contributed by atoms with Crippen LogP contribution in [0.5, 0.6) is 0 Å². The fourth-order valence-corrected chi connectivity index (χ4v) is 1.99. The van der Waals surface area contributed by atoms with Crippen molar-refractivity contribution < 1.29 is 9.18 Å². The van der Waals surface area contributed by atoms with Crippen LogP contribution in [0.25, 0.3) is 0 Å². The van der Waals surface area contributed by atoms with Gasteiger partial charge in [0, 0.05) is 16.1 Å². The van der Waals surface area contributed by atoms with Crippen LogP contribution in [-0.2, 0) is 0 Å². The lowest BCUT2D eigenvalue weighted by atomic mass is 10.1. The molecular weight excluding hydrogens is 311 g/mol. The molecule has 0 heterocycles. The first-order valence-corrected chi connectivity index (χ1v) is 6.84. The number of aryl methyl sites for hydroxylation is 1. The molecule has 0 bridgehead atoms. The Hall–Kier alpha value is -1.98. The average molecular weight is 323 g/mol. The molecule has 1 amide bonds. The molecule has 0 aliphatic carbocycles. The summed E-state index contributed by atoms with van der Waals surface area (Å²) < 4.78 is 13.9. The Morgan fingerprint density at radius 3 is 2.48 bits per heavy atom. The third-order valence-electron chi connectivity index (χ3n) is 2.92. The number of thiocarbonyl (C=S) groups is 1. The van der Waals surface area contributed by atoms with Gasteiger partial charge in [0.05, 0.1) is 5.69 Å². The zero-order chi connectivity index (χ0) is 15.6. The molecule has 0 unspecified atom stereocenters. The molecule has 0 aliphatic heterocycles. The molecule has 0 saturated heterocycles. The maximum atomic E-state index is 13.9. The van der Waals surface area contributed by atoms with Gasteiger partial charge in [-0.05, 0) is 48.9 Å². The van der Waals surface area contributed by atoms with Gasteiger partial charge in [0.1, 0.15) is 10.8 Å². The van der Waals surface area contributed by atoms with Crippen LogP contribution < -0.4 is 11.1 Å². The van der Waals surface area contributed by atoms with Crippen molar-refractivity contribution in [1.29, 1.82) is 0 Å². The van der Waals surface area contributed by atoms with Crippen molar-refractivity contribution in [2.45, 2.75) is 6.92 Å². The number of rotatable bonds is 3. The summed E-state index contributed by atoms with van der Waals surface area (Å²) in [6.45, 7) is 1.79. The van der Waals surface area contributed by atoms with E-state index < -0.39 is 11.7 Å². The summed E-state index contributed by atoms with van der Waals surface area (Å²) in [6.07, 6.45) is 0. The molecule has 2 rings (SSSR count). The second kappa shape index (κ2) is 6.20. The number of halogens is 2. The SMILES string of the molecule is Cc1cc(C(=O)Nc2ccc(C(N)=S)cc2F)ccc1Cl. The molecule has 6 heteroatoms. The Kier molecular flexibility index (Phi) is 4.55. The number of anilines is 1. The van der Waals surface area contributed by atoms with Crippen LogP contribution >= 0.6 is 23.8 Å².